The van der Waals surface area contributed by atoms with Gasteiger partial charge in [-0.25, -0.2) is 0 Å². The molecule has 1 atom stereocenters. The van der Waals surface area contributed by atoms with Crippen LogP contribution in [0.3, 0.4) is 0 Å². The molecule has 1 saturated heterocycles. The monoisotopic (exact) mass is 288 g/mol. The predicted octanol–water partition coefficient (Wildman–Crippen LogP) is 3.19. The van der Waals surface area contributed by atoms with Crippen LogP contribution >= 0.6 is 24.0 Å². The molecular weight excluding hydrogens is 267 g/mol. The van der Waals surface area contributed by atoms with Crippen molar-refractivity contribution in [2.75, 3.05) is 26.7 Å². The lowest BCUT2D eigenvalue weighted by Gasteiger charge is -2.29. The van der Waals surface area contributed by atoms with Gasteiger partial charge in [0.25, 0.3) is 0 Å². The predicted molar refractivity (Wildman–Crippen MR) is 80.6 cm³/mol. The number of rotatable bonds is 4. The molecule has 0 bridgehead atoms. The van der Waals surface area contributed by atoms with Gasteiger partial charge in [0.1, 0.15) is 0 Å². The molecule has 1 fully saturated rings. The van der Waals surface area contributed by atoms with Crippen molar-refractivity contribution in [1.82, 2.24) is 10.2 Å². The van der Waals surface area contributed by atoms with Crippen LogP contribution in [0.15, 0.2) is 24.3 Å². The lowest BCUT2D eigenvalue weighted by molar-refractivity contribution is 0.203. The molecule has 1 heterocycles. The summed E-state index contributed by atoms with van der Waals surface area (Å²) in [6.45, 7) is 6.80. The molecule has 1 aliphatic rings. The van der Waals surface area contributed by atoms with E-state index in [1.807, 2.05) is 12.1 Å². The molecule has 1 aromatic carbocycles. The Bertz CT molecular complexity index is 359. The summed E-state index contributed by atoms with van der Waals surface area (Å²) < 4.78 is 0. The number of hydrogen-bond acceptors (Lipinski definition) is 2. The van der Waals surface area contributed by atoms with Gasteiger partial charge in [-0.2, -0.15) is 0 Å². The fourth-order valence-corrected chi connectivity index (χ4v) is 2.74. The average Bonchev–Trinajstić information content (AvgIpc) is 2.68. The molecule has 1 N–H and O–H groups in total. The van der Waals surface area contributed by atoms with Crippen LogP contribution in [0.2, 0.25) is 5.02 Å². The van der Waals surface area contributed by atoms with Gasteiger partial charge in [-0.15, -0.1) is 12.4 Å². The zero-order chi connectivity index (χ0) is 12.3. The van der Waals surface area contributed by atoms with Gasteiger partial charge in [-0.05, 0) is 43.1 Å². The standard InChI is InChI=1S/C14H21ClN2.ClH/c1-14(7-8-16-10-14)11-17(2)9-12-3-5-13(15)6-4-12;/h3-6,16H,7-11H2,1-2H3;1H. The maximum atomic E-state index is 5.89. The Morgan fingerprint density at radius 1 is 1.33 bits per heavy atom. The molecule has 1 unspecified atom stereocenters. The third-order valence-corrected chi connectivity index (χ3v) is 3.73. The highest BCUT2D eigenvalue weighted by Gasteiger charge is 2.29. The second-order valence-electron chi connectivity index (χ2n) is 5.54. The van der Waals surface area contributed by atoms with E-state index in [-0.39, 0.29) is 12.4 Å². The Kier molecular flexibility index (Phi) is 5.93. The van der Waals surface area contributed by atoms with Crippen molar-refractivity contribution in [2.45, 2.75) is 19.9 Å². The van der Waals surface area contributed by atoms with E-state index in [1.54, 1.807) is 0 Å². The number of halogens is 2. The molecule has 2 rings (SSSR count). The van der Waals surface area contributed by atoms with Gasteiger partial charge in [0.2, 0.25) is 0 Å². The number of hydrogen-bond donors (Lipinski definition) is 1. The molecule has 102 valence electrons. The minimum Gasteiger partial charge on any atom is -0.316 e. The minimum absolute atomic E-state index is 0. The summed E-state index contributed by atoms with van der Waals surface area (Å²) in [5.41, 5.74) is 1.76. The van der Waals surface area contributed by atoms with Gasteiger partial charge < -0.3 is 10.2 Å². The molecule has 2 nitrogen and oxygen atoms in total. The van der Waals surface area contributed by atoms with Crippen LogP contribution in [0.5, 0.6) is 0 Å². The Morgan fingerprint density at radius 3 is 2.56 bits per heavy atom. The molecule has 4 heteroatoms. The van der Waals surface area contributed by atoms with E-state index < -0.39 is 0 Å². The fraction of sp³-hybridized carbons (Fsp3) is 0.571. The summed E-state index contributed by atoms with van der Waals surface area (Å²) in [6.07, 6.45) is 1.28. The summed E-state index contributed by atoms with van der Waals surface area (Å²) in [7, 11) is 2.19. The Hall–Kier alpha value is -0.280. The summed E-state index contributed by atoms with van der Waals surface area (Å²) in [4.78, 5) is 2.40. The number of nitrogens with zero attached hydrogens (tertiary/aromatic N) is 1. The lowest BCUT2D eigenvalue weighted by Crippen LogP contribution is -2.34. The maximum absolute atomic E-state index is 5.89. The van der Waals surface area contributed by atoms with Crippen molar-refractivity contribution in [2.24, 2.45) is 5.41 Å². The average molecular weight is 289 g/mol. The SMILES string of the molecule is CN(Cc1ccc(Cl)cc1)CC1(C)CCNC1.Cl. The first-order valence-electron chi connectivity index (χ1n) is 6.21. The van der Waals surface area contributed by atoms with Crippen LogP contribution in [-0.4, -0.2) is 31.6 Å². The number of nitrogens with one attached hydrogen (secondary N) is 1. The first-order valence-corrected chi connectivity index (χ1v) is 6.59. The van der Waals surface area contributed by atoms with Gasteiger partial charge in [0.15, 0.2) is 0 Å². The minimum atomic E-state index is 0. The van der Waals surface area contributed by atoms with Gasteiger partial charge in [0.05, 0.1) is 0 Å². The van der Waals surface area contributed by atoms with E-state index >= 15 is 0 Å². The van der Waals surface area contributed by atoms with E-state index in [2.05, 4.69) is 36.3 Å². The topological polar surface area (TPSA) is 15.3 Å². The zero-order valence-electron chi connectivity index (χ0n) is 11.1. The third kappa shape index (κ3) is 4.43. The van der Waals surface area contributed by atoms with Gasteiger partial charge in [-0.3, -0.25) is 0 Å². The second-order valence-corrected chi connectivity index (χ2v) is 5.97. The highest BCUT2D eigenvalue weighted by Crippen LogP contribution is 2.25. The van der Waals surface area contributed by atoms with Gasteiger partial charge >= 0.3 is 0 Å². The van der Waals surface area contributed by atoms with E-state index in [0.29, 0.717) is 5.41 Å². The number of benzene rings is 1. The van der Waals surface area contributed by atoms with E-state index in [1.165, 1.54) is 12.0 Å². The van der Waals surface area contributed by atoms with Crippen LogP contribution in [0, 0.1) is 5.41 Å². The summed E-state index contributed by atoms with van der Waals surface area (Å²) in [5.74, 6) is 0. The quantitative estimate of drug-likeness (QED) is 0.915. The molecule has 0 radical (unpaired) electrons. The Morgan fingerprint density at radius 2 is 2.00 bits per heavy atom. The van der Waals surface area contributed by atoms with Crippen LogP contribution in [0.1, 0.15) is 18.9 Å². The summed E-state index contributed by atoms with van der Waals surface area (Å²) >= 11 is 5.89. The Balaban J connectivity index is 0.00000162. The van der Waals surface area contributed by atoms with Crippen molar-refractivity contribution >= 4 is 24.0 Å². The molecule has 0 aromatic heterocycles. The molecule has 1 aromatic rings. The van der Waals surface area contributed by atoms with E-state index in [4.69, 9.17) is 11.6 Å². The van der Waals surface area contributed by atoms with Crippen LogP contribution < -0.4 is 5.32 Å². The first kappa shape index (κ1) is 15.8. The van der Waals surface area contributed by atoms with Crippen molar-refractivity contribution in [3.05, 3.63) is 34.9 Å². The molecule has 0 amide bonds. The largest absolute Gasteiger partial charge is 0.316 e. The highest BCUT2D eigenvalue weighted by atomic mass is 35.5. The van der Waals surface area contributed by atoms with Gasteiger partial charge in [0, 0.05) is 24.7 Å². The van der Waals surface area contributed by atoms with Crippen molar-refractivity contribution in [3.8, 4) is 0 Å². The molecule has 0 spiro atoms. The first-order chi connectivity index (χ1) is 8.07. The summed E-state index contributed by atoms with van der Waals surface area (Å²) in [5, 5.41) is 4.25. The fourth-order valence-electron chi connectivity index (χ4n) is 2.61. The van der Waals surface area contributed by atoms with Crippen LogP contribution in [-0.2, 0) is 6.54 Å². The normalized spacial score (nSPS) is 23.1. The van der Waals surface area contributed by atoms with E-state index in [0.717, 1.165) is 31.2 Å². The third-order valence-electron chi connectivity index (χ3n) is 3.47. The van der Waals surface area contributed by atoms with E-state index in [9.17, 15) is 0 Å². The summed E-state index contributed by atoms with van der Waals surface area (Å²) in [6, 6.07) is 8.13. The van der Waals surface area contributed by atoms with Crippen molar-refractivity contribution in [3.63, 3.8) is 0 Å². The van der Waals surface area contributed by atoms with Crippen LogP contribution in [0.25, 0.3) is 0 Å². The maximum Gasteiger partial charge on any atom is 0.0406 e. The Labute approximate surface area is 121 Å². The molecule has 0 aliphatic carbocycles. The zero-order valence-corrected chi connectivity index (χ0v) is 12.7. The van der Waals surface area contributed by atoms with Crippen molar-refractivity contribution in [1.29, 1.82) is 0 Å². The molecule has 1 aliphatic heterocycles. The molecular formula is C14H22Cl2N2. The molecule has 0 saturated carbocycles. The second kappa shape index (κ2) is 6.76. The molecule has 18 heavy (non-hydrogen) atoms. The van der Waals surface area contributed by atoms with Crippen LogP contribution in [0.4, 0.5) is 0 Å². The smallest absolute Gasteiger partial charge is 0.0406 e. The van der Waals surface area contributed by atoms with Gasteiger partial charge in [-0.1, -0.05) is 30.7 Å². The van der Waals surface area contributed by atoms with Crippen molar-refractivity contribution < 1.29 is 0 Å². The highest BCUT2D eigenvalue weighted by molar-refractivity contribution is 6.30. The lowest BCUT2D eigenvalue weighted by atomic mass is 9.89.